The molecule has 0 saturated carbocycles. The standard InChI is InChI=1S/C16H22N4O4S/c1-3-13-12-6-5-7-14(15(12)20(4-2)18-13)25(23,24)19-9-8-11(10-19)17-16(21)22/h5-7,11,17H,3-4,8-10H2,1-2H3,(H,21,22). The summed E-state index contributed by atoms with van der Waals surface area (Å²) in [6.45, 7) is 4.94. The van der Waals surface area contributed by atoms with Gasteiger partial charge < -0.3 is 10.4 Å². The first-order chi connectivity index (χ1) is 11.9. The fraction of sp³-hybridized carbons (Fsp3) is 0.500. The number of nitrogens with one attached hydrogen (secondary N) is 1. The van der Waals surface area contributed by atoms with Crippen LogP contribution in [0.5, 0.6) is 0 Å². The minimum atomic E-state index is -3.72. The average Bonchev–Trinajstić information content (AvgIpc) is 3.18. The third-order valence-corrected chi connectivity index (χ3v) is 6.44. The Morgan fingerprint density at radius 1 is 1.40 bits per heavy atom. The van der Waals surface area contributed by atoms with Gasteiger partial charge in [0, 0.05) is 31.1 Å². The molecule has 1 aromatic heterocycles. The van der Waals surface area contributed by atoms with Crippen LogP contribution in [0.15, 0.2) is 23.1 Å². The van der Waals surface area contributed by atoms with E-state index in [0.717, 1.165) is 17.5 Å². The lowest BCUT2D eigenvalue weighted by atomic mass is 10.2. The van der Waals surface area contributed by atoms with Gasteiger partial charge >= 0.3 is 6.09 Å². The Morgan fingerprint density at radius 3 is 2.80 bits per heavy atom. The van der Waals surface area contributed by atoms with Gasteiger partial charge in [0.25, 0.3) is 0 Å². The highest BCUT2D eigenvalue weighted by Gasteiger charge is 2.35. The molecule has 136 valence electrons. The van der Waals surface area contributed by atoms with Crippen LogP contribution in [-0.4, -0.2) is 52.8 Å². The van der Waals surface area contributed by atoms with Gasteiger partial charge in [-0.05, 0) is 25.8 Å². The summed E-state index contributed by atoms with van der Waals surface area (Å²) in [4.78, 5) is 11.0. The van der Waals surface area contributed by atoms with Crippen molar-refractivity contribution in [2.75, 3.05) is 13.1 Å². The summed E-state index contributed by atoms with van der Waals surface area (Å²) in [5.41, 5.74) is 1.50. The van der Waals surface area contributed by atoms with Crippen LogP contribution < -0.4 is 5.32 Å². The predicted molar refractivity (Wildman–Crippen MR) is 93.1 cm³/mol. The zero-order valence-corrected chi connectivity index (χ0v) is 15.1. The van der Waals surface area contributed by atoms with Crippen molar-refractivity contribution in [2.24, 2.45) is 0 Å². The van der Waals surface area contributed by atoms with Crippen molar-refractivity contribution >= 4 is 27.0 Å². The van der Waals surface area contributed by atoms with Crippen LogP contribution in [0, 0.1) is 0 Å². The monoisotopic (exact) mass is 366 g/mol. The molecule has 1 amide bonds. The molecular weight excluding hydrogens is 344 g/mol. The molecule has 0 radical (unpaired) electrons. The minimum Gasteiger partial charge on any atom is -0.465 e. The van der Waals surface area contributed by atoms with Crippen LogP contribution in [-0.2, 0) is 23.0 Å². The number of rotatable bonds is 5. The van der Waals surface area contributed by atoms with Gasteiger partial charge in [-0.1, -0.05) is 19.1 Å². The van der Waals surface area contributed by atoms with Crippen LogP contribution in [0.3, 0.4) is 0 Å². The summed E-state index contributed by atoms with van der Waals surface area (Å²) >= 11 is 0. The molecular formula is C16H22N4O4S. The molecule has 2 heterocycles. The fourth-order valence-corrected chi connectivity index (χ4v) is 5.06. The van der Waals surface area contributed by atoms with E-state index in [1.807, 2.05) is 19.9 Å². The maximum atomic E-state index is 13.2. The first kappa shape index (κ1) is 17.7. The number of carboxylic acid groups (broad SMARTS) is 1. The number of sulfonamides is 1. The number of hydrogen-bond donors (Lipinski definition) is 2. The van der Waals surface area contributed by atoms with Gasteiger partial charge in [-0.2, -0.15) is 9.40 Å². The van der Waals surface area contributed by atoms with Crippen LogP contribution in [0.25, 0.3) is 10.9 Å². The lowest BCUT2D eigenvalue weighted by Crippen LogP contribution is -2.37. The lowest BCUT2D eigenvalue weighted by molar-refractivity contribution is 0.190. The summed E-state index contributed by atoms with van der Waals surface area (Å²) in [6, 6.07) is 4.85. The van der Waals surface area contributed by atoms with E-state index in [9.17, 15) is 13.2 Å². The number of aromatic nitrogens is 2. The van der Waals surface area contributed by atoms with Gasteiger partial charge in [-0.3, -0.25) is 4.68 Å². The van der Waals surface area contributed by atoms with Crippen molar-refractivity contribution in [1.82, 2.24) is 19.4 Å². The molecule has 0 spiro atoms. The van der Waals surface area contributed by atoms with Crippen molar-refractivity contribution in [1.29, 1.82) is 0 Å². The van der Waals surface area contributed by atoms with E-state index in [2.05, 4.69) is 10.4 Å². The smallest absolute Gasteiger partial charge is 0.404 e. The quantitative estimate of drug-likeness (QED) is 0.837. The molecule has 3 rings (SSSR count). The average molecular weight is 366 g/mol. The third kappa shape index (κ3) is 3.09. The van der Waals surface area contributed by atoms with E-state index >= 15 is 0 Å². The Balaban J connectivity index is 2.04. The van der Waals surface area contributed by atoms with Crippen molar-refractivity contribution in [3.63, 3.8) is 0 Å². The molecule has 0 aliphatic carbocycles. The molecule has 1 atom stereocenters. The zero-order chi connectivity index (χ0) is 18.2. The van der Waals surface area contributed by atoms with Gasteiger partial charge in [0.05, 0.1) is 11.2 Å². The number of fused-ring (bicyclic) bond motifs is 1. The highest BCUT2D eigenvalue weighted by molar-refractivity contribution is 7.89. The molecule has 9 heteroatoms. The molecule has 0 bridgehead atoms. The fourth-order valence-electron chi connectivity index (χ4n) is 3.35. The number of para-hydroxylation sites is 1. The van der Waals surface area contributed by atoms with Crippen LogP contribution in [0.2, 0.25) is 0 Å². The van der Waals surface area contributed by atoms with Crippen molar-refractivity contribution < 1.29 is 18.3 Å². The van der Waals surface area contributed by atoms with Gasteiger partial charge in [-0.15, -0.1) is 0 Å². The van der Waals surface area contributed by atoms with Crippen molar-refractivity contribution in [2.45, 2.75) is 44.2 Å². The molecule has 1 saturated heterocycles. The number of nitrogens with zero attached hydrogens (tertiary/aromatic N) is 3. The van der Waals surface area contributed by atoms with Crippen LogP contribution in [0.4, 0.5) is 4.79 Å². The lowest BCUT2D eigenvalue weighted by Gasteiger charge is -2.18. The highest BCUT2D eigenvalue weighted by Crippen LogP contribution is 2.30. The molecule has 1 aromatic carbocycles. The first-order valence-corrected chi connectivity index (χ1v) is 9.80. The molecule has 25 heavy (non-hydrogen) atoms. The van der Waals surface area contributed by atoms with Crippen molar-refractivity contribution in [3.8, 4) is 0 Å². The Kier molecular flexibility index (Phi) is 4.70. The number of hydrogen-bond acceptors (Lipinski definition) is 4. The summed E-state index contributed by atoms with van der Waals surface area (Å²) in [5, 5.41) is 16.6. The van der Waals surface area contributed by atoms with E-state index in [1.165, 1.54) is 4.31 Å². The zero-order valence-electron chi connectivity index (χ0n) is 14.3. The molecule has 2 aromatic rings. The van der Waals surface area contributed by atoms with Gasteiger partial charge in [0.15, 0.2) is 0 Å². The summed E-state index contributed by atoms with van der Waals surface area (Å²) < 4.78 is 29.4. The summed E-state index contributed by atoms with van der Waals surface area (Å²) in [7, 11) is -3.72. The Bertz CT molecular complexity index is 906. The van der Waals surface area contributed by atoms with Gasteiger partial charge in [0.2, 0.25) is 10.0 Å². The van der Waals surface area contributed by atoms with E-state index in [1.54, 1.807) is 16.8 Å². The SMILES string of the molecule is CCc1nn(CC)c2c(S(=O)(=O)N3CCC(NC(=O)O)C3)cccc12. The maximum Gasteiger partial charge on any atom is 0.404 e. The third-order valence-electron chi connectivity index (χ3n) is 4.54. The second-order valence-electron chi connectivity index (χ2n) is 6.07. The Morgan fingerprint density at radius 2 is 2.16 bits per heavy atom. The molecule has 2 N–H and O–H groups in total. The second-order valence-corrected chi connectivity index (χ2v) is 7.97. The Hall–Kier alpha value is -2.13. The van der Waals surface area contributed by atoms with E-state index in [-0.39, 0.29) is 17.5 Å². The molecule has 8 nitrogen and oxygen atoms in total. The highest BCUT2D eigenvalue weighted by atomic mass is 32.2. The molecule has 1 fully saturated rings. The predicted octanol–water partition coefficient (Wildman–Crippen LogP) is 1.65. The van der Waals surface area contributed by atoms with E-state index in [4.69, 9.17) is 5.11 Å². The van der Waals surface area contributed by atoms with Crippen molar-refractivity contribution in [3.05, 3.63) is 23.9 Å². The largest absolute Gasteiger partial charge is 0.465 e. The van der Waals surface area contributed by atoms with E-state index < -0.39 is 16.1 Å². The van der Waals surface area contributed by atoms with Gasteiger partial charge in [0.1, 0.15) is 4.90 Å². The number of carbonyl (C=O) groups is 1. The second kappa shape index (κ2) is 6.64. The normalized spacial score (nSPS) is 18.7. The number of benzene rings is 1. The molecule has 1 aliphatic heterocycles. The summed E-state index contributed by atoms with van der Waals surface area (Å²) in [5.74, 6) is 0. The first-order valence-electron chi connectivity index (χ1n) is 8.36. The molecule has 1 aliphatic rings. The minimum absolute atomic E-state index is 0.145. The van der Waals surface area contributed by atoms with E-state index in [0.29, 0.717) is 25.0 Å². The molecule has 1 unspecified atom stereocenters. The Labute approximate surface area is 146 Å². The number of aryl methyl sites for hydroxylation is 2. The van der Waals surface area contributed by atoms with Crippen LogP contribution in [0.1, 0.15) is 26.0 Å². The number of amides is 1. The maximum absolute atomic E-state index is 13.2. The van der Waals surface area contributed by atoms with Crippen LogP contribution >= 0.6 is 0 Å². The topological polar surface area (TPSA) is 105 Å². The summed E-state index contributed by atoms with van der Waals surface area (Å²) in [6.07, 6.45) is 0.0544. The van der Waals surface area contributed by atoms with Gasteiger partial charge in [-0.25, -0.2) is 13.2 Å².